The molecule has 0 spiro atoms. The van der Waals surface area contributed by atoms with Crippen LogP contribution in [0.1, 0.15) is 19.3 Å². The molecule has 5 nitrogen and oxygen atoms in total. The molecule has 7 heteroatoms. The molecule has 116 valence electrons. The van der Waals surface area contributed by atoms with Crippen LogP contribution >= 0.6 is 23.4 Å². The van der Waals surface area contributed by atoms with Gasteiger partial charge in [-0.1, -0.05) is 35.5 Å². The van der Waals surface area contributed by atoms with Crippen LogP contribution in [0.5, 0.6) is 0 Å². The van der Waals surface area contributed by atoms with Crippen LogP contribution in [0, 0.1) is 0 Å². The van der Waals surface area contributed by atoms with Crippen molar-refractivity contribution in [2.75, 3.05) is 18.8 Å². The van der Waals surface area contributed by atoms with Crippen molar-refractivity contribution in [2.24, 2.45) is 0 Å². The number of hydrogen-bond acceptors (Lipinski definition) is 5. The van der Waals surface area contributed by atoms with E-state index in [1.165, 1.54) is 18.2 Å². The van der Waals surface area contributed by atoms with Gasteiger partial charge < -0.3 is 9.32 Å². The first-order valence-electron chi connectivity index (χ1n) is 7.23. The average Bonchev–Trinajstić information content (AvgIpc) is 3.02. The third-order valence-electron chi connectivity index (χ3n) is 3.54. The third-order valence-corrected chi connectivity index (χ3v) is 4.67. The van der Waals surface area contributed by atoms with Crippen LogP contribution in [-0.4, -0.2) is 39.8 Å². The Kier molecular flexibility index (Phi) is 5.00. The molecule has 0 atom stereocenters. The first-order chi connectivity index (χ1) is 10.7. The van der Waals surface area contributed by atoms with Crippen LogP contribution in [0.15, 0.2) is 33.9 Å². The molecule has 1 fully saturated rings. The molecule has 0 unspecified atom stereocenters. The Balaban J connectivity index is 1.60. The normalized spacial score (nSPS) is 15.0. The van der Waals surface area contributed by atoms with Gasteiger partial charge in [-0.3, -0.25) is 4.79 Å². The third kappa shape index (κ3) is 3.62. The molecule has 0 radical (unpaired) electrons. The van der Waals surface area contributed by atoms with Crippen LogP contribution in [-0.2, 0) is 4.79 Å². The second-order valence-corrected chi connectivity index (χ2v) is 6.42. The zero-order valence-electron chi connectivity index (χ0n) is 12.0. The van der Waals surface area contributed by atoms with E-state index in [1.807, 2.05) is 23.1 Å². The molecule has 1 amide bonds. The van der Waals surface area contributed by atoms with E-state index in [0.29, 0.717) is 27.5 Å². The second kappa shape index (κ2) is 7.15. The van der Waals surface area contributed by atoms with E-state index in [1.54, 1.807) is 6.07 Å². The molecule has 1 saturated heterocycles. The summed E-state index contributed by atoms with van der Waals surface area (Å²) in [5.74, 6) is 0.824. The zero-order valence-corrected chi connectivity index (χ0v) is 13.6. The predicted octanol–water partition coefficient (Wildman–Crippen LogP) is 3.49. The van der Waals surface area contributed by atoms with Crippen molar-refractivity contribution in [3.63, 3.8) is 0 Å². The van der Waals surface area contributed by atoms with Gasteiger partial charge in [-0.05, 0) is 31.4 Å². The monoisotopic (exact) mass is 337 g/mol. The fourth-order valence-electron chi connectivity index (χ4n) is 2.37. The van der Waals surface area contributed by atoms with Crippen molar-refractivity contribution in [1.29, 1.82) is 0 Å². The van der Waals surface area contributed by atoms with Crippen LogP contribution < -0.4 is 0 Å². The Bertz CT molecular complexity index is 656. The molecular formula is C15H16ClN3O2S. The van der Waals surface area contributed by atoms with Crippen molar-refractivity contribution in [3.8, 4) is 11.5 Å². The topological polar surface area (TPSA) is 59.2 Å². The molecule has 0 saturated carbocycles. The number of piperidine rings is 1. The van der Waals surface area contributed by atoms with Gasteiger partial charge in [0.05, 0.1) is 16.3 Å². The van der Waals surface area contributed by atoms with Crippen molar-refractivity contribution in [2.45, 2.75) is 24.5 Å². The van der Waals surface area contributed by atoms with E-state index in [2.05, 4.69) is 10.2 Å². The first-order valence-corrected chi connectivity index (χ1v) is 8.59. The van der Waals surface area contributed by atoms with E-state index in [4.69, 9.17) is 16.0 Å². The Morgan fingerprint density at radius 2 is 2.00 bits per heavy atom. The summed E-state index contributed by atoms with van der Waals surface area (Å²) in [5.41, 5.74) is 0.700. The lowest BCUT2D eigenvalue weighted by atomic mass is 10.1. The SMILES string of the molecule is O=C(CSc1nnc(-c2ccccc2Cl)o1)N1CCCCC1. The fourth-order valence-corrected chi connectivity index (χ4v) is 3.25. The number of rotatable bonds is 4. The lowest BCUT2D eigenvalue weighted by molar-refractivity contribution is -0.129. The number of nitrogens with zero attached hydrogens (tertiary/aromatic N) is 3. The summed E-state index contributed by atoms with van der Waals surface area (Å²) in [5, 5.41) is 8.91. The van der Waals surface area contributed by atoms with Gasteiger partial charge in [-0.15, -0.1) is 10.2 Å². The van der Waals surface area contributed by atoms with E-state index < -0.39 is 0 Å². The van der Waals surface area contributed by atoms with Crippen LogP contribution in [0.25, 0.3) is 11.5 Å². The summed E-state index contributed by atoms with van der Waals surface area (Å²) in [6.45, 7) is 1.71. The number of amides is 1. The van der Waals surface area contributed by atoms with Crippen molar-refractivity contribution < 1.29 is 9.21 Å². The molecule has 1 aromatic carbocycles. The maximum absolute atomic E-state index is 12.1. The lowest BCUT2D eigenvalue weighted by Crippen LogP contribution is -2.36. The number of likely N-dealkylation sites (tertiary alicyclic amines) is 1. The van der Waals surface area contributed by atoms with E-state index in [9.17, 15) is 4.79 Å². The zero-order chi connectivity index (χ0) is 15.4. The highest BCUT2D eigenvalue weighted by Crippen LogP contribution is 2.28. The summed E-state index contributed by atoms with van der Waals surface area (Å²) in [6.07, 6.45) is 3.39. The number of aromatic nitrogens is 2. The molecule has 22 heavy (non-hydrogen) atoms. The lowest BCUT2D eigenvalue weighted by Gasteiger charge is -2.26. The van der Waals surface area contributed by atoms with E-state index >= 15 is 0 Å². The molecule has 1 aliphatic heterocycles. The molecule has 2 heterocycles. The largest absolute Gasteiger partial charge is 0.411 e. The molecule has 2 aromatic rings. The number of benzene rings is 1. The molecule has 0 aliphatic carbocycles. The minimum Gasteiger partial charge on any atom is -0.411 e. The molecule has 0 bridgehead atoms. The number of carbonyl (C=O) groups is 1. The van der Waals surface area contributed by atoms with Gasteiger partial charge >= 0.3 is 0 Å². The first kappa shape index (κ1) is 15.4. The molecule has 1 aromatic heterocycles. The van der Waals surface area contributed by atoms with Gasteiger partial charge in [0.2, 0.25) is 11.8 Å². The summed E-state index contributed by atoms with van der Waals surface area (Å²) >= 11 is 7.37. The number of carbonyl (C=O) groups excluding carboxylic acids is 1. The number of hydrogen-bond donors (Lipinski definition) is 0. The second-order valence-electron chi connectivity index (χ2n) is 5.08. The highest BCUT2D eigenvalue weighted by atomic mass is 35.5. The van der Waals surface area contributed by atoms with Crippen molar-refractivity contribution in [1.82, 2.24) is 15.1 Å². The molecular weight excluding hydrogens is 322 g/mol. The average molecular weight is 338 g/mol. The van der Waals surface area contributed by atoms with Gasteiger partial charge in [0.25, 0.3) is 5.22 Å². The Labute approximate surface area is 138 Å². The standard InChI is InChI=1S/C15H16ClN3O2S/c16-12-7-3-2-6-11(12)14-17-18-15(21-14)22-10-13(20)19-8-4-1-5-9-19/h2-3,6-7H,1,4-5,8-10H2. The van der Waals surface area contributed by atoms with Crippen molar-refractivity contribution >= 4 is 29.3 Å². The van der Waals surface area contributed by atoms with Gasteiger partial charge in [0.1, 0.15) is 0 Å². The molecule has 1 aliphatic rings. The quantitative estimate of drug-likeness (QED) is 0.799. The minimum absolute atomic E-state index is 0.127. The summed E-state index contributed by atoms with van der Waals surface area (Å²) in [6, 6.07) is 7.30. The maximum Gasteiger partial charge on any atom is 0.277 e. The Morgan fingerprint density at radius 1 is 1.23 bits per heavy atom. The van der Waals surface area contributed by atoms with Gasteiger partial charge in [-0.2, -0.15) is 0 Å². The maximum atomic E-state index is 12.1. The minimum atomic E-state index is 0.127. The van der Waals surface area contributed by atoms with E-state index in [-0.39, 0.29) is 5.91 Å². The van der Waals surface area contributed by atoms with Gasteiger partial charge in [-0.25, -0.2) is 0 Å². The highest BCUT2D eigenvalue weighted by molar-refractivity contribution is 7.99. The highest BCUT2D eigenvalue weighted by Gasteiger charge is 2.18. The summed E-state index contributed by atoms with van der Waals surface area (Å²) in [7, 11) is 0. The summed E-state index contributed by atoms with van der Waals surface area (Å²) < 4.78 is 5.57. The summed E-state index contributed by atoms with van der Waals surface area (Å²) in [4.78, 5) is 14.0. The van der Waals surface area contributed by atoms with Crippen LogP contribution in [0.3, 0.4) is 0 Å². The number of halogens is 1. The van der Waals surface area contributed by atoms with Crippen LogP contribution in [0.2, 0.25) is 5.02 Å². The smallest absolute Gasteiger partial charge is 0.277 e. The predicted molar refractivity (Wildman–Crippen MR) is 85.9 cm³/mol. The molecule has 0 N–H and O–H groups in total. The fraction of sp³-hybridized carbons (Fsp3) is 0.400. The van der Waals surface area contributed by atoms with E-state index in [0.717, 1.165) is 25.9 Å². The van der Waals surface area contributed by atoms with Gasteiger partial charge in [0, 0.05) is 13.1 Å². The Morgan fingerprint density at radius 3 is 2.77 bits per heavy atom. The number of thioether (sulfide) groups is 1. The molecule has 3 rings (SSSR count). The van der Waals surface area contributed by atoms with Gasteiger partial charge in [0.15, 0.2) is 0 Å². The Hall–Kier alpha value is -1.53. The van der Waals surface area contributed by atoms with Crippen molar-refractivity contribution in [3.05, 3.63) is 29.3 Å². The van der Waals surface area contributed by atoms with Crippen LogP contribution in [0.4, 0.5) is 0 Å².